The van der Waals surface area contributed by atoms with Crippen molar-refractivity contribution in [3.8, 4) is 10.4 Å². The van der Waals surface area contributed by atoms with Gasteiger partial charge in [0.15, 0.2) is 0 Å². The Labute approximate surface area is 150 Å². The standard InChI is InChI=1S/C17H19BN2O2S2/c1-10-19-8-13(24-10)11-6-7-12(15-14(11)20-9-23-15)18-21-16(2,3)17(4,5)22-18/h6-9H,1-5H3. The minimum absolute atomic E-state index is 0.345. The molecule has 0 aliphatic carbocycles. The number of hydrogen-bond acceptors (Lipinski definition) is 6. The minimum atomic E-state index is -0.366. The van der Waals surface area contributed by atoms with Gasteiger partial charge in [-0.05, 0) is 34.6 Å². The third kappa shape index (κ3) is 2.42. The molecular formula is C17H19BN2O2S2. The molecule has 0 N–H and O–H groups in total. The summed E-state index contributed by atoms with van der Waals surface area (Å²) in [4.78, 5) is 10.1. The SMILES string of the molecule is Cc1ncc(-c2ccc(B3OC(C)(C)C(C)(C)O3)c3scnc23)s1. The van der Waals surface area contributed by atoms with Crippen LogP contribution in [0.15, 0.2) is 23.8 Å². The number of hydrogen-bond donors (Lipinski definition) is 0. The zero-order valence-electron chi connectivity index (χ0n) is 14.4. The average molecular weight is 358 g/mol. The van der Waals surface area contributed by atoms with Crippen molar-refractivity contribution in [2.75, 3.05) is 0 Å². The molecule has 0 spiro atoms. The van der Waals surface area contributed by atoms with Gasteiger partial charge in [0.2, 0.25) is 0 Å². The lowest BCUT2D eigenvalue weighted by molar-refractivity contribution is 0.00578. The van der Waals surface area contributed by atoms with Gasteiger partial charge in [-0.3, -0.25) is 0 Å². The summed E-state index contributed by atoms with van der Waals surface area (Å²) in [5, 5.41) is 1.06. The first kappa shape index (κ1) is 16.2. The molecule has 1 aliphatic heterocycles. The molecule has 24 heavy (non-hydrogen) atoms. The minimum Gasteiger partial charge on any atom is -0.399 e. The van der Waals surface area contributed by atoms with Gasteiger partial charge in [0.05, 0.1) is 36.8 Å². The molecule has 0 amide bonds. The summed E-state index contributed by atoms with van der Waals surface area (Å²) in [5.41, 5.74) is 4.37. The molecule has 0 bridgehead atoms. The van der Waals surface area contributed by atoms with Gasteiger partial charge in [-0.1, -0.05) is 12.1 Å². The molecule has 4 nitrogen and oxygen atoms in total. The second-order valence-electron chi connectivity index (χ2n) is 7.06. The maximum Gasteiger partial charge on any atom is 0.496 e. The van der Waals surface area contributed by atoms with Gasteiger partial charge in [-0.25, -0.2) is 9.97 Å². The van der Waals surface area contributed by atoms with Gasteiger partial charge < -0.3 is 9.31 Å². The predicted molar refractivity (Wildman–Crippen MR) is 101 cm³/mol. The molecule has 124 valence electrons. The number of aromatic nitrogens is 2. The highest BCUT2D eigenvalue weighted by molar-refractivity contribution is 7.18. The molecule has 7 heteroatoms. The lowest BCUT2D eigenvalue weighted by atomic mass is 9.78. The third-order valence-electron chi connectivity index (χ3n) is 4.91. The topological polar surface area (TPSA) is 44.2 Å². The van der Waals surface area contributed by atoms with Crippen LogP contribution in [-0.2, 0) is 9.31 Å². The number of rotatable bonds is 2. The van der Waals surface area contributed by atoms with E-state index in [9.17, 15) is 0 Å². The van der Waals surface area contributed by atoms with E-state index in [-0.39, 0.29) is 18.3 Å². The molecule has 0 atom stereocenters. The van der Waals surface area contributed by atoms with Crippen LogP contribution in [0.1, 0.15) is 32.7 Å². The van der Waals surface area contributed by atoms with Crippen LogP contribution in [0, 0.1) is 6.92 Å². The lowest BCUT2D eigenvalue weighted by Crippen LogP contribution is -2.41. The fourth-order valence-corrected chi connectivity index (χ4v) is 4.45. The molecular weight excluding hydrogens is 339 g/mol. The van der Waals surface area contributed by atoms with Crippen LogP contribution in [0.4, 0.5) is 0 Å². The van der Waals surface area contributed by atoms with E-state index in [4.69, 9.17) is 9.31 Å². The van der Waals surface area contributed by atoms with Crippen LogP contribution in [0.3, 0.4) is 0 Å². The van der Waals surface area contributed by atoms with Crippen molar-refractivity contribution in [2.45, 2.75) is 45.8 Å². The van der Waals surface area contributed by atoms with E-state index in [1.165, 1.54) is 0 Å². The van der Waals surface area contributed by atoms with E-state index in [1.807, 2.05) is 18.6 Å². The Hall–Kier alpha value is -1.28. The fraction of sp³-hybridized carbons (Fsp3) is 0.412. The summed E-state index contributed by atoms with van der Waals surface area (Å²) < 4.78 is 13.6. The highest BCUT2D eigenvalue weighted by Gasteiger charge is 2.52. The molecule has 2 aromatic heterocycles. The van der Waals surface area contributed by atoms with Crippen LogP contribution in [0.5, 0.6) is 0 Å². The van der Waals surface area contributed by atoms with Crippen molar-refractivity contribution in [3.63, 3.8) is 0 Å². The molecule has 3 aromatic rings. The molecule has 0 radical (unpaired) electrons. The third-order valence-corrected chi connectivity index (χ3v) is 6.73. The van der Waals surface area contributed by atoms with Gasteiger partial charge in [-0.15, -0.1) is 22.7 Å². The average Bonchev–Trinajstić information content (AvgIpc) is 3.17. The first-order valence-corrected chi connectivity index (χ1v) is 9.63. The van der Waals surface area contributed by atoms with Gasteiger partial charge >= 0.3 is 7.12 Å². The van der Waals surface area contributed by atoms with Crippen LogP contribution in [0.25, 0.3) is 20.7 Å². The van der Waals surface area contributed by atoms with E-state index in [0.29, 0.717) is 0 Å². The van der Waals surface area contributed by atoms with Crippen molar-refractivity contribution in [3.05, 3.63) is 28.8 Å². The predicted octanol–water partition coefficient (Wildman–Crippen LogP) is 4.03. The Morgan fingerprint density at radius 1 is 1.04 bits per heavy atom. The van der Waals surface area contributed by atoms with Crippen molar-refractivity contribution in [2.24, 2.45) is 0 Å². The Bertz CT molecular complexity index is 900. The molecule has 3 heterocycles. The van der Waals surface area contributed by atoms with E-state index in [2.05, 4.69) is 49.8 Å². The number of fused-ring (bicyclic) bond motifs is 1. The van der Waals surface area contributed by atoms with Crippen LogP contribution in [-0.4, -0.2) is 28.3 Å². The monoisotopic (exact) mass is 358 g/mol. The number of nitrogens with zero attached hydrogens (tertiary/aromatic N) is 2. The second kappa shape index (κ2) is 5.36. The second-order valence-corrected chi connectivity index (χ2v) is 9.15. The molecule has 0 saturated carbocycles. The van der Waals surface area contributed by atoms with Gasteiger partial charge in [-0.2, -0.15) is 0 Å². The summed E-state index contributed by atoms with van der Waals surface area (Å²) in [6.07, 6.45) is 1.92. The van der Waals surface area contributed by atoms with Crippen molar-refractivity contribution < 1.29 is 9.31 Å². The van der Waals surface area contributed by atoms with E-state index in [1.54, 1.807) is 22.7 Å². The zero-order valence-corrected chi connectivity index (χ0v) is 16.0. The maximum atomic E-state index is 6.22. The molecule has 0 unspecified atom stereocenters. The fourth-order valence-electron chi connectivity index (χ4n) is 2.81. The van der Waals surface area contributed by atoms with Gasteiger partial charge in [0, 0.05) is 17.2 Å². The summed E-state index contributed by atoms with van der Waals surface area (Å²) in [5.74, 6) is 0. The smallest absolute Gasteiger partial charge is 0.399 e. The van der Waals surface area contributed by atoms with E-state index < -0.39 is 0 Å². The van der Waals surface area contributed by atoms with Crippen LogP contribution >= 0.6 is 22.7 Å². The summed E-state index contributed by atoms with van der Waals surface area (Å²) >= 11 is 3.32. The summed E-state index contributed by atoms with van der Waals surface area (Å²) in [6, 6.07) is 4.21. The number of benzene rings is 1. The molecule has 4 rings (SSSR count). The van der Waals surface area contributed by atoms with Crippen molar-refractivity contribution >= 4 is 45.5 Å². The Morgan fingerprint density at radius 2 is 1.75 bits per heavy atom. The maximum absolute atomic E-state index is 6.22. The summed E-state index contributed by atoms with van der Waals surface area (Å²) in [7, 11) is -0.366. The number of aryl methyl sites for hydroxylation is 1. The molecule has 1 fully saturated rings. The van der Waals surface area contributed by atoms with Crippen LogP contribution < -0.4 is 5.46 Å². The van der Waals surface area contributed by atoms with Gasteiger partial charge in [0.1, 0.15) is 0 Å². The first-order chi connectivity index (χ1) is 11.3. The Morgan fingerprint density at radius 3 is 2.38 bits per heavy atom. The first-order valence-electron chi connectivity index (χ1n) is 7.93. The quantitative estimate of drug-likeness (QED) is 0.649. The Kier molecular flexibility index (Phi) is 3.62. The van der Waals surface area contributed by atoms with Crippen LogP contribution in [0.2, 0.25) is 0 Å². The highest BCUT2D eigenvalue weighted by Crippen LogP contribution is 2.38. The van der Waals surface area contributed by atoms with E-state index in [0.717, 1.165) is 31.1 Å². The molecule has 1 aliphatic rings. The zero-order chi connectivity index (χ0) is 17.1. The summed E-state index contributed by atoms with van der Waals surface area (Å²) in [6.45, 7) is 10.3. The molecule has 1 saturated heterocycles. The highest BCUT2D eigenvalue weighted by atomic mass is 32.1. The van der Waals surface area contributed by atoms with E-state index >= 15 is 0 Å². The molecule has 1 aromatic carbocycles. The van der Waals surface area contributed by atoms with Crippen molar-refractivity contribution in [1.82, 2.24) is 9.97 Å². The van der Waals surface area contributed by atoms with Crippen molar-refractivity contribution in [1.29, 1.82) is 0 Å². The Balaban J connectivity index is 1.81. The number of thiazole rings is 2. The lowest BCUT2D eigenvalue weighted by Gasteiger charge is -2.32. The largest absolute Gasteiger partial charge is 0.496 e. The van der Waals surface area contributed by atoms with Gasteiger partial charge in [0.25, 0.3) is 0 Å². The normalized spacial score (nSPS) is 19.3.